The normalized spacial score (nSPS) is 22.0. The molecule has 138 valence electrons. The largest absolute Gasteiger partial charge is 0.314 e. The number of piperidine rings is 1. The molecule has 0 bridgehead atoms. The predicted octanol–water partition coefficient (Wildman–Crippen LogP) is 4.85. The van der Waals surface area contributed by atoms with E-state index in [1.165, 1.54) is 27.8 Å². The number of carbonyl (C=O) groups is 1. The molecule has 1 fully saturated rings. The van der Waals surface area contributed by atoms with Crippen molar-refractivity contribution in [2.45, 2.75) is 39.0 Å². The Bertz CT molecular complexity index is 922. The van der Waals surface area contributed by atoms with Crippen LogP contribution in [0.2, 0.25) is 5.02 Å². The van der Waals surface area contributed by atoms with Crippen molar-refractivity contribution in [3.63, 3.8) is 0 Å². The van der Waals surface area contributed by atoms with Gasteiger partial charge in [0.15, 0.2) is 0 Å². The van der Waals surface area contributed by atoms with Crippen molar-refractivity contribution in [2.24, 2.45) is 0 Å². The van der Waals surface area contributed by atoms with Gasteiger partial charge in [0.05, 0.1) is 25.2 Å². The van der Waals surface area contributed by atoms with E-state index < -0.39 is 0 Å². The molecule has 1 aliphatic heterocycles. The molecule has 2 aromatic rings. The van der Waals surface area contributed by atoms with Crippen LogP contribution in [-0.2, 0) is 17.6 Å². The van der Waals surface area contributed by atoms with Crippen molar-refractivity contribution >= 4 is 23.1 Å². The molecule has 2 radical (unpaired) electrons. The lowest BCUT2D eigenvalue weighted by Crippen LogP contribution is -2.50. The van der Waals surface area contributed by atoms with Gasteiger partial charge < -0.3 is 0 Å². The van der Waals surface area contributed by atoms with Crippen LogP contribution in [-0.4, -0.2) is 28.5 Å². The molecule has 3 nitrogen and oxygen atoms in total. The van der Waals surface area contributed by atoms with Crippen LogP contribution in [0, 0.1) is 7.05 Å². The van der Waals surface area contributed by atoms with E-state index >= 15 is 0 Å². The van der Waals surface area contributed by atoms with E-state index in [0.717, 1.165) is 36.4 Å². The number of halogens is 1. The van der Waals surface area contributed by atoms with E-state index in [2.05, 4.69) is 18.2 Å². The highest BCUT2D eigenvalue weighted by Crippen LogP contribution is 2.39. The summed E-state index contributed by atoms with van der Waals surface area (Å²) in [6, 6.07) is 10.3. The topological polar surface area (TPSA) is 30.0 Å². The molecular formula is C23H24ClN2O+. The Morgan fingerprint density at radius 3 is 2.63 bits per heavy atom. The molecule has 1 saturated heterocycles. The number of hydrogen-bond acceptors (Lipinski definition) is 2. The van der Waals surface area contributed by atoms with Crippen molar-refractivity contribution in [1.82, 2.24) is 4.98 Å². The standard InChI is InChI=1S/C23H24ClN2O/c1-3-21(27)26(2)13-10-16(11-14-26)22-20-9-8-19(24)15-18(20)7-6-17-5-4-12-25-23(17)22/h2,4-5,8-9,12,15H,3,6-7,10-11,13-14H2,1H3/q+1. The first-order valence-corrected chi connectivity index (χ1v) is 10.0. The Kier molecular flexibility index (Phi) is 4.92. The number of rotatable bonds is 1. The molecule has 2 aliphatic rings. The molecule has 0 N–H and O–H groups in total. The number of carbonyl (C=O) groups excluding carboxylic acids is 1. The Morgan fingerprint density at radius 2 is 1.89 bits per heavy atom. The monoisotopic (exact) mass is 379 g/mol. The maximum absolute atomic E-state index is 12.3. The van der Waals surface area contributed by atoms with Crippen LogP contribution in [0.4, 0.5) is 0 Å². The van der Waals surface area contributed by atoms with Crippen molar-refractivity contribution in [3.05, 3.63) is 76.6 Å². The molecule has 1 aliphatic carbocycles. The van der Waals surface area contributed by atoms with E-state index in [1.54, 1.807) is 0 Å². The molecule has 0 atom stereocenters. The maximum atomic E-state index is 12.3. The SMILES string of the molecule is [CH][N+]1(C(=O)CC)CCC(=C2c3ccc(Cl)cc3CCc3cccnc32)CC1. The first-order chi connectivity index (χ1) is 13.0. The highest BCUT2D eigenvalue weighted by molar-refractivity contribution is 6.30. The molecule has 27 heavy (non-hydrogen) atoms. The van der Waals surface area contributed by atoms with Crippen LogP contribution < -0.4 is 0 Å². The van der Waals surface area contributed by atoms with Gasteiger partial charge in [-0.1, -0.05) is 30.7 Å². The van der Waals surface area contributed by atoms with Gasteiger partial charge in [-0.15, -0.1) is 0 Å². The van der Waals surface area contributed by atoms with Gasteiger partial charge in [0, 0.05) is 29.6 Å². The fourth-order valence-corrected chi connectivity index (χ4v) is 4.55. The predicted molar refractivity (Wildman–Crippen MR) is 108 cm³/mol. The Hall–Kier alpha value is -1.97. The van der Waals surface area contributed by atoms with Gasteiger partial charge in [-0.2, -0.15) is 0 Å². The highest BCUT2D eigenvalue weighted by atomic mass is 35.5. The first kappa shape index (κ1) is 18.4. The van der Waals surface area contributed by atoms with E-state index in [4.69, 9.17) is 23.6 Å². The molecule has 1 aromatic carbocycles. The maximum Gasteiger partial charge on any atom is 0.314 e. The molecule has 0 spiro atoms. The van der Waals surface area contributed by atoms with Gasteiger partial charge in [0.1, 0.15) is 0 Å². The average molecular weight is 380 g/mol. The summed E-state index contributed by atoms with van der Waals surface area (Å²) in [6.07, 6.45) is 5.89. The number of nitrogens with zero attached hydrogens (tertiary/aromatic N) is 2. The third-order valence-electron chi connectivity index (χ3n) is 5.91. The Balaban J connectivity index is 1.82. The second-order valence-corrected chi connectivity index (χ2v) is 7.96. The van der Waals surface area contributed by atoms with Gasteiger partial charge in [-0.3, -0.25) is 4.98 Å². The second kappa shape index (κ2) is 7.21. The number of fused-ring (bicyclic) bond motifs is 2. The average Bonchev–Trinajstić information content (AvgIpc) is 2.85. The Morgan fingerprint density at radius 1 is 1.15 bits per heavy atom. The van der Waals surface area contributed by atoms with Gasteiger partial charge in [-0.25, -0.2) is 9.28 Å². The van der Waals surface area contributed by atoms with Crippen LogP contribution in [0.1, 0.15) is 48.6 Å². The summed E-state index contributed by atoms with van der Waals surface area (Å²) in [5, 5.41) is 0.770. The lowest BCUT2D eigenvalue weighted by atomic mass is 9.88. The molecule has 0 saturated carbocycles. The van der Waals surface area contributed by atoms with Crippen LogP contribution in [0.3, 0.4) is 0 Å². The van der Waals surface area contributed by atoms with Gasteiger partial charge in [0.25, 0.3) is 0 Å². The number of aryl methyl sites for hydroxylation is 2. The van der Waals surface area contributed by atoms with Crippen LogP contribution in [0.25, 0.3) is 5.57 Å². The molecular weight excluding hydrogens is 356 g/mol. The molecule has 1 amide bonds. The lowest BCUT2D eigenvalue weighted by molar-refractivity contribution is -0.813. The van der Waals surface area contributed by atoms with Crippen molar-refractivity contribution in [2.75, 3.05) is 13.1 Å². The minimum atomic E-state index is 0.0514. The molecule has 2 heterocycles. The highest BCUT2D eigenvalue weighted by Gasteiger charge is 2.36. The number of quaternary nitrogens is 1. The zero-order chi connectivity index (χ0) is 19.0. The van der Waals surface area contributed by atoms with Crippen LogP contribution in [0.15, 0.2) is 42.1 Å². The van der Waals surface area contributed by atoms with Crippen molar-refractivity contribution in [1.29, 1.82) is 0 Å². The first-order valence-electron chi connectivity index (χ1n) is 9.66. The summed E-state index contributed by atoms with van der Waals surface area (Å²) in [5.41, 5.74) is 7.43. The van der Waals surface area contributed by atoms with E-state index in [0.29, 0.717) is 19.5 Å². The molecule has 1 aromatic heterocycles. The summed E-state index contributed by atoms with van der Waals surface area (Å²) in [6.45, 7) is 3.18. The summed E-state index contributed by atoms with van der Waals surface area (Å²) >= 11 is 6.27. The number of amides is 1. The third-order valence-corrected chi connectivity index (χ3v) is 6.14. The summed E-state index contributed by atoms with van der Waals surface area (Å²) < 4.78 is 0.0514. The van der Waals surface area contributed by atoms with Gasteiger partial charge >= 0.3 is 5.91 Å². The fourth-order valence-electron chi connectivity index (χ4n) is 4.35. The van der Waals surface area contributed by atoms with Crippen molar-refractivity contribution in [3.8, 4) is 0 Å². The summed E-state index contributed by atoms with van der Waals surface area (Å²) in [4.78, 5) is 17.0. The van der Waals surface area contributed by atoms with Crippen LogP contribution in [0.5, 0.6) is 0 Å². The van der Waals surface area contributed by atoms with Gasteiger partial charge in [0.2, 0.25) is 7.05 Å². The number of aromatic nitrogens is 1. The van der Waals surface area contributed by atoms with Crippen molar-refractivity contribution < 1.29 is 9.28 Å². The quantitative estimate of drug-likeness (QED) is 0.663. The number of likely N-dealkylation sites (tertiary alicyclic amines) is 1. The molecule has 4 rings (SSSR count). The van der Waals surface area contributed by atoms with E-state index in [1.807, 2.05) is 25.3 Å². The number of hydrogen-bond donors (Lipinski definition) is 0. The zero-order valence-corrected chi connectivity index (χ0v) is 16.4. The lowest BCUT2D eigenvalue weighted by Gasteiger charge is -2.35. The zero-order valence-electron chi connectivity index (χ0n) is 15.7. The fraction of sp³-hybridized carbons (Fsp3) is 0.348. The summed E-state index contributed by atoms with van der Waals surface area (Å²) in [5.74, 6) is 0.116. The second-order valence-electron chi connectivity index (χ2n) is 7.52. The smallest absolute Gasteiger partial charge is 0.256 e. The van der Waals surface area contributed by atoms with Crippen LogP contribution >= 0.6 is 11.6 Å². The Labute approximate surface area is 166 Å². The third kappa shape index (κ3) is 3.35. The molecule has 0 unspecified atom stereocenters. The van der Waals surface area contributed by atoms with E-state index in [9.17, 15) is 4.79 Å². The number of benzene rings is 1. The molecule has 4 heteroatoms. The van der Waals surface area contributed by atoms with Gasteiger partial charge in [-0.05, 0) is 53.3 Å². The number of pyridine rings is 1. The minimum Gasteiger partial charge on any atom is -0.256 e. The summed E-state index contributed by atoms with van der Waals surface area (Å²) in [7, 11) is 6.38. The van der Waals surface area contributed by atoms with E-state index in [-0.39, 0.29) is 10.4 Å². The minimum absolute atomic E-state index is 0.0514.